The lowest BCUT2D eigenvalue weighted by Crippen LogP contribution is -2.71. The first-order valence-corrected chi connectivity index (χ1v) is 6.57. The van der Waals surface area contributed by atoms with Gasteiger partial charge in [0.1, 0.15) is 11.6 Å². The molecule has 0 spiro atoms. The molecule has 2 fully saturated rings. The monoisotopic (exact) mass is 238 g/mol. The zero-order valence-corrected chi connectivity index (χ0v) is 11.1. The van der Waals surface area contributed by atoms with Gasteiger partial charge in [-0.2, -0.15) is 0 Å². The van der Waals surface area contributed by atoms with Crippen molar-refractivity contribution in [1.29, 1.82) is 0 Å². The number of amides is 2. The van der Waals surface area contributed by atoms with Crippen LogP contribution in [0.3, 0.4) is 0 Å². The van der Waals surface area contributed by atoms with Crippen LogP contribution in [0.5, 0.6) is 0 Å². The molecule has 96 valence electrons. The molecule has 2 aliphatic rings. The molecule has 1 aliphatic carbocycles. The Bertz CT molecular complexity index is 351. The van der Waals surface area contributed by atoms with Gasteiger partial charge in [-0.25, -0.2) is 0 Å². The summed E-state index contributed by atoms with van der Waals surface area (Å²) in [6.07, 6.45) is 2.99. The molecule has 0 bridgehead atoms. The second-order valence-electron chi connectivity index (χ2n) is 5.58. The minimum atomic E-state index is -0.626. The zero-order chi connectivity index (χ0) is 12.8. The minimum Gasteiger partial charge on any atom is -0.343 e. The van der Waals surface area contributed by atoms with Gasteiger partial charge in [-0.05, 0) is 46.0 Å². The summed E-state index contributed by atoms with van der Waals surface area (Å²) in [5.41, 5.74) is -0.626. The van der Waals surface area contributed by atoms with Gasteiger partial charge in [-0.1, -0.05) is 6.92 Å². The third-order valence-corrected chi connectivity index (χ3v) is 4.32. The Labute approximate surface area is 103 Å². The maximum atomic E-state index is 12.3. The predicted octanol–water partition coefficient (Wildman–Crippen LogP) is 1.30. The number of hydrogen-bond donors (Lipinski definition) is 1. The van der Waals surface area contributed by atoms with E-state index >= 15 is 0 Å². The Morgan fingerprint density at radius 2 is 2.06 bits per heavy atom. The van der Waals surface area contributed by atoms with Crippen LogP contribution in [0.4, 0.5) is 0 Å². The first kappa shape index (κ1) is 12.4. The summed E-state index contributed by atoms with van der Waals surface area (Å²) in [5.74, 6) is 0.425. The highest BCUT2D eigenvalue weighted by molar-refractivity contribution is 6.00. The van der Waals surface area contributed by atoms with Crippen LogP contribution in [0, 0.1) is 5.92 Å². The van der Waals surface area contributed by atoms with Crippen LogP contribution in [0.1, 0.15) is 47.0 Å². The fraction of sp³-hybridized carbons (Fsp3) is 0.846. The highest BCUT2D eigenvalue weighted by atomic mass is 16.2. The topological polar surface area (TPSA) is 49.4 Å². The molecule has 4 heteroatoms. The lowest BCUT2D eigenvalue weighted by atomic mass is 9.86. The van der Waals surface area contributed by atoms with E-state index in [9.17, 15) is 9.59 Å². The van der Waals surface area contributed by atoms with Gasteiger partial charge in [0.25, 0.3) is 0 Å². The largest absolute Gasteiger partial charge is 0.343 e. The van der Waals surface area contributed by atoms with Crippen molar-refractivity contribution in [3.8, 4) is 0 Å². The van der Waals surface area contributed by atoms with E-state index in [2.05, 4.69) is 12.2 Å². The van der Waals surface area contributed by atoms with Crippen molar-refractivity contribution in [2.45, 2.75) is 64.6 Å². The molecular formula is C13H22N2O2. The van der Waals surface area contributed by atoms with E-state index in [0.717, 1.165) is 19.3 Å². The van der Waals surface area contributed by atoms with E-state index in [-0.39, 0.29) is 23.9 Å². The summed E-state index contributed by atoms with van der Waals surface area (Å²) in [7, 11) is 0. The number of rotatable bonds is 3. The van der Waals surface area contributed by atoms with Crippen LogP contribution >= 0.6 is 0 Å². The average Bonchev–Trinajstić information content (AvgIpc) is 3.10. The quantitative estimate of drug-likeness (QED) is 0.805. The second-order valence-corrected chi connectivity index (χ2v) is 5.58. The zero-order valence-electron chi connectivity index (χ0n) is 11.1. The maximum Gasteiger partial charge on any atom is 0.246 e. The molecule has 2 amide bonds. The summed E-state index contributed by atoms with van der Waals surface area (Å²) in [5, 5.41) is 2.82. The molecule has 4 nitrogen and oxygen atoms in total. The van der Waals surface area contributed by atoms with Gasteiger partial charge in [-0.3, -0.25) is 9.59 Å². The Morgan fingerprint density at radius 1 is 1.47 bits per heavy atom. The smallest absolute Gasteiger partial charge is 0.246 e. The Kier molecular flexibility index (Phi) is 2.92. The molecule has 1 saturated carbocycles. The van der Waals surface area contributed by atoms with Crippen molar-refractivity contribution in [2.24, 2.45) is 5.92 Å². The Morgan fingerprint density at radius 3 is 2.53 bits per heavy atom. The highest BCUT2D eigenvalue weighted by Crippen LogP contribution is 2.45. The number of nitrogens with zero attached hydrogens (tertiary/aromatic N) is 1. The summed E-state index contributed by atoms with van der Waals surface area (Å²) in [6.45, 7) is 7.78. The maximum absolute atomic E-state index is 12.3. The summed E-state index contributed by atoms with van der Waals surface area (Å²) >= 11 is 0. The van der Waals surface area contributed by atoms with Crippen molar-refractivity contribution in [1.82, 2.24) is 10.2 Å². The number of hydrogen-bond acceptors (Lipinski definition) is 2. The van der Waals surface area contributed by atoms with Gasteiger partial charge >= 0.3 is 0 Å². The van der Waals surface area contributed by atoms with E-state index in [1.807, 2.05) is 18.7 Å². The molecule has 1 aliphatic heterocycles. The molecule has 0 aromatic rings. The number of piperazine rings is 1. The molecular weight excluding hydrogens is 216 g/mol. The Hall–Kier alpha value is -1.06. The van der Waals surface area contributed by atoms with E-state index in [1.54, 1.807) is 6.92 Å². The van der Waals surface area contributed by atoms with Gasteiger partial charge in [0.05, 0.1) is 0 Å². The molecule has 2 rings (SSSR count). The fourth-order valence-electron chi connectivity index (χ4n) is 2.84. The summed E-state index contributed by atoms with van der Waals surface area (Å²) < 4.78 is 0. The van der Waals surface area contributed by atoms with Gasteiger partial charge in [0.2, 0.25) is 11.8 Å². The van der Waals surface area contributed by atoms with Crippen LogP contribution in [-0.2, 0) is 9.59 Å². The molecule has 0 radical (unpaired) electrons. The van der Waals surface area contributed by atoms with Crippen molar-refractivity contribution < 1.29 is 9.59 Å². The SMILES string of the molecule is CCC(C)N1C(=O)C(C)NC(=O)C1(C)C1CC1. The normalized spacial score (nSPS) is 35.8. The molecule has 3 atom stereocenters. The molecule has 0 aromatic heterocycles. The van der Waals surface area contributed by atoms with E-state index in [1.165, 1.54) is 0 Å². The lowest BCUT2D eigenvalue weighted by Gasteiger charge is -2.49. The third-order valence-electron chi connectivity index (χ3n) is 4.32. The minimum absolute atomic E-state index is 0.0207. The highest BCUT2D eigenvalue weighted by Gasteiger charge is 2.57. The fourth-order valence-corrected chi connectivity index (χ4v) is 2.84. The van der Waals surface area contributed by atoms with Crippen LogP contribution in [0.15, 0.2) is 0 Å². The van der Waals surface area contributed by atoms with Crippen LogP contribution in [0.2, 0.25) is 0 Å². The first-order valence-electron chi connectivity index (χ1n) is 6.57. The molecule has 0 aromatic carbocycles. The molecule has 1 heterocycles. The number of carbonyl (C=O) groups excluding carboxylic acids is 2. The molecule has 1 saturated heterocycles. The van der Waals surface area contributed by atoms with Crippen molar-refractivity contribution in [2.75, 3.05) is 0 Å². The van der Waals surface area contributed by atoms with Crippen molar-refractivity contribution in [3.05, 3.63) is 0 Å². The molecule has 17 heavy (non-hydrogen) atoms. The Balaban J connectivity index is 2.37. The average molecular weight is 238 g/mol. The van der Waals surface area contributed by atoms with E-state index in [0.29, 0.717) is 5.92 Å². The lowest BCUT2D eigenvalue weighted by molar-refractivity contribution is -0.160. The number of nitrogens with one attached hydrogen (secondary N) is 1. The van der Waals surface area contributed by atoms with Crippen LogP contribution in [0.25, 0.3) is 0 Å². The van der Waals surface area contributed by atoms with Crippen molar-refractivity contribution in [3.63, 3.8) is 0 Å². The van der Waals surface area contributed by atoms with Gasteiger partial charge in [-0.15, -0.1) is 0 Å². The van der Waals surface area contributed by atoms with Gasteiger partial charge in [0, 0.05) is 6.04 Å². The van der Waals surface area contributed by atoms with Gasteiger partial charge in [0.15, 0.2) is 0 Å². The molecule has 3 unspecified atom stereocenters. The number of carbonyl (C=O) groups is 2. The summed E-state index contributed by atoms with van der Waals surface area (Å²) in [4.78, 5) is 26.5. The van der Waals surface area contributed by atoms with E-state index < -0.39 is 5.54 Å². The third kappa shape index (κ3) is 1.74. The summed E-state index contributed by atoms with van der Waals surface area (Å²) in [6, 6.07) is -0.259. The van der Waals surface area contributed by atoms with E-state index in [4.69, 9.17) is 0 Å². The standard InChI is InChI=1S/C13H22N2O2/c1-5-8(2)15-11(16)9(3)14-12(17)13(15,4)10-6-7-10/h8-10H,5-7H2,1-4H3,(H,14,17). The van der Waals surface area contributed by atoms with Gasteiger partial charge < -0.3 is 10.2 Å². The molecule has 1 N–H and O–H groups in total. The first-order chi connectivity index (χ1) is 7.92. The van der Waals surface area contributed by atoms with Crippen molar-refractivity contribution >= 4 is 11.8 Å². The second kappa shape index (κ2) is 4.00. The van der Waals surface area contributed by atoms with Crippen LogP contribution < -0.4 is 5.32 Å². The predicted molar refractivity (Wildman–Crippen MR) is 65.3 cm³/mol. The van der Waals surface area contributed by atoms with Crippen LogP contribution in [-0.4, -0.2) is 34.3 Å².